The van der Waals surface area contributed by atoms with Gasteiger partial charge >= 0.3 is 0 Å². The third-order valence-corrected chi connectivity index (χ3v) is 4.95. The molecule has 5 heteroatoms. The molecule has 3 rings (SSSR count). The van der Waals surface area contributed by atoms with E-state index in [0.29, 0.717) is 19.0 Å². The van der Waals surface area contributed by atoms with Crippen LogP contribution in [-0.4, -0.2) is 29.3 Å². The summed E-state index contributed by atoms with van der Waals surface area (Å²) in [7, 11) is 1.98. The Morgan fingerprint density at radius 3 is 2.59 bits per heavy atom. The second-order valence-electron chi connectivity index (χ2n) is 5.36. The molecule has 0 fully saturated rings. The molecule has 0 amide bonds. The number of ether oxygens (including phenoxy) is 2. The van der Waals surface area contributed by atoms with Crippen molar-refractivity contribution in [2.45, 2.75) is 18.7 Å². The standard InChI is InChI=1S/C17H19NO3S/c1-11-8-14(12(2)18(11)3)15(19)10-22-13-4-5-16-17(9-13)21-7-6-20-16/h4-5,8-9H,6-7,10H2,1-3H3. The molecule has 0 saturated heterocycles. The molecular formula is C17H19NO3S. The number of hydrogen-bond donors (Lipinski definition) is 0. The number of carbonyl (C=O) groups excluding carboxylic acids is 1. The molecule has 0 aliphatic carbocycles. The summed E-state index contributed by atoms with van der Waals surface area (Å²) in [5.41, 5.74) is 2.93. The highest BCUT2D eigenvalue weighted by Crippen LogP contribution is 2.34. The molecule has 0 N–H and O–H groups in total. The van der Waals surface area contributed by atoms with Crippen molar-refractivity contribution in [3.63, 3.8) is 0 Å². The Morgan fingerprint density at radius 2 is 1.91 bits per heavy atom. The first kappa shape index (κ1) is 15.0. The van der Waals surface area contributed by atoms with Crippen LogP contribution in [0.2, 0.25) is 0 Å². The van der Waals surface area contributed by atoms with Crippen molar-refractivity contribution < 1.29 is 14.3 Å². The van der Waals surface area contributed by atoms with Gasteiger partial charge in [-0.2, -0.15) is 0 Å². The molecule has 0 saturated carbocycles. The van der Waals surface area contributed by atoms with Gasteiger partial charge in [0.05, 0.1) is 5.75 Å². The van der Waals surface area contributed by atoms with E-state index in [1.54, 1.807) is 0 Å². The van der Waals surface area contributed by atoms with E-state index in [-0.39, 0.29) is 5.78 Å². The zero-order valence-corrected chi connectivity index (χ0v) is 13.8. The van der Waals surface area contributed by atoms with Gasteiger partial charge in [-0.05, 0) is 38.1 Å². The van der Waals surface area contributed by atoms with Crippen LogP contribution in [0, 0.1) is 13.8 Å². The number of rotatable bonds is 4. The number of carbonyl (C=O) groups is 1. The first-order chi connectivity index (χ1) is 10.6. The van der Waals surface area contributed by atoms with E-state index in [1.807, 2.05) is 49.7 Å². The normalized spacial score (nSPS) is 13.2. The molecule has 0 unspecified atom stereocenters. The summed E-state index contributed by atoms with van der Waals surface area (Å²) >= 11 is 1.53. The van der Waals surface area contributed by atoms with Crippen LogP contribution in [0.5, 0.6) is 11.5 Å². The highest BCUT2D eigenvalue weighted by Gasteiger charge is 2.16. The molecule has 22 heavy (non-hydrogen) atoms. The minimum Gasteiger partial charge on any atom is -0.486 e. The fourth-order valence-corrected chi connectivity index (χ4v) is 3.29. The fraction of sp³-hybridized carbons (Fsp3) is 0.353. The van der Waals surface area contributed by atoms with Crippen molar-refractivity contribution in [1.82, 2.24) is 4.57 Å². The number of benzene rings is 1. The van der Waals surface area contributed by atoms with Crippen molar-refractivity contribution in [2.75, 3.05) is 19.0 Å². The summed E-state index contributed by atoms with van der Waals surface area (Å²) in [6.45, 7) is 5.15. The molecular weight excluding hydrogens is 298 g/mol. The van der Waals surface area contributed by atoms with Gasteiger partial charge in [0.1, 0.15) is 13.2 Å². The number of ketones is 1. The van der Waals surface area contributed by atoms with Gasteiger partial charge in [-0.1, -0.05) is 0 Å². The summed E-state index contributed by atoms with van der Waals surface area (Å²) in [4.78, 5) is 13.4. The number of hydrogen-bond acceptors (Lipinski definition) is 4. The van der Waals surface area contributed by atoms with E-state index < -0.39 is 0 Å². The predicted octanol–water partition coefficient (Wildman–Crippen LogP) is 3.39. The zero-order valence-electron chi connectivity index (χ0n) is 13.0. The number of nitrogens with zero attached hydrogens (tertiary/aromatic N) is 1. The summed E-state index contributed by atoms with van der Waals surface area (Å²) in [6, 6.07) is 7.77. The molecule has 116 valence electrons. The average Bonchev–Trinajstić information content (AvgIpc) is 2.80. The lowest BCUT2D eigenvalue weighted by molar-refractivity contribution is 0.102. The maximum absolute atomic E-state index is 12.4. The molecule has 1 aromatic carbocycles. The summed E-state index contributed by atoms with van der Waals surface area (Å²) in [5.74, 6) is 2.11. The Bertz CT molecular complexity index is 721. The Kier molecular flexibility index (Phi) is 4.16. The van der Waals surface area contributed by atoms with E-state index in [4.69, 9.17) is 9.47 Å². The molecule has 2 heterocycles. The lowest BCUT2D eigenvalue weighted by Crippen LogP contribution is -2.15. The lowest BCUT2D eigenvalue weighted by Gasteiger charge is -2.18. The number of aryl methyl sites for hydroxylation is 1. The monoisotopic (exact) mass is 317 g/mol. The van der Waals surface area contributed by atoms with Gasteiger partial charge in [0.25, 0.3) is 0 Å². The predicted molar refractivity (Wildman–Crippen MR) is 87.4 cm³/mol. The molecule has 4 nitrogen and oxygen atoms in total. The second-order valence-corrected chi connectivity index (χ2v) is 6.41. The lowest BCUT2D eigenvalue weighted by atomic mass is 10.2. The van der Waals surface area contributed by atoms with Gasteiger partial charge in [0, 0.05) is 28.9 Å². The molecule has 0 bridgehead atoms. The minimum atomic E-state index is 0.154. The molecule has 2 aromatic rings. The van der Waals surface area contributed by atoms with Crippen LogP contribution in [0.15, 0.2) is 29.2 Å². The molecule has 0 spiro atoms. The van der Waals surface area contributed by atoms with Gasteiger partial charge < -0.3 is 14.0 Å². The smallest absolute Gasteiger partial charge is 0.174 e. The minimum absolute atomic E-state index is 0.154. The Morgan fingerprint density at radius 1 is 1.18 bits per heavy atom. The molecule has 0 atom stereocenters. The second kappa shape index (κ2) is 6.08. The van der Waals surface area contributed by atoms with Crippen molar-refractivity contribution >= 4 is 17.5 Å². The largest absolute Gasteiger partial charge is 0.486 e. The maximum Gasteiger partial charge on any atom is 0.174 e. The Labute approximate surface area is 134 Å². The van der Waals surface area contributed by atoms with Crippen LogP contribution in [0.3, 0.4) is 0 Å². The van der Waals surface area contributed by atoms with Gasteiger partial charge in [-0.15, -0.1) is 11.8 Å². The van der Waals surface area contributed by atoms with Gasteiger partial charge in [0.15, 0.2) is 17.3 Å². The van der Waals surface area contributed by atoms with Crippen molar-refractivity contribution in [2.24, 2.45) is 7.05 Å². The summed E-state index contributed by atoms with van der Waals surface area (Å²) < 4.78 is 13.1. The summed E-state index contributed by atoms with van der Waals surface area (Å²) in [6.07, 6.45) is 0. The Hall–Kier alpha value is -1.88. The fourth-order valence-electron chi connectivity index (χ4n) is 2.48. The average molecular weight is 317 g/mol. The van der Waals surface area contributed by atoms with Crippen LogP contribution in [0.25, 0.3) is 0 Å². The molecule has 1 aliphatic rings. The Balaban J connectivity index is 1.69. The van der Waals surface area contributed by atoms with E-state index in [9.17, 15) is 4.79 Å². The SMILES string of the molecule is Cc1cc(C(=O)CSc2ccc3c(c2)OCCO3)c(C)n1C. The van der Waals surface area contributed by atoms with Crippen LogP contribution in [0.1, 0.15) is 21.7 Å². The quantitative estimate of drug-likeness (QED) is 0.640. The van der Waals surface area contributed by atoms with E-state index in [1.165, 1.54) is 11.8 Å². The van der Waals surface area contributed by atoms with Gasteiger partial charge in [-0.3, -0.25) is 4.79 Å². The van der Waals surface area contributed by atoms with Gasteiger partial charge in [0.2, 0.25) is 0 Å². The third-order valence-electron chi connectivity index (χ3n) is 3.96. The molecule has 0 radical (unpaired) electrons. The van der Waals surface area contributed by atoms with Crippen LogP contribution < -0.4 is 9.47 Å². The van der Waals surface area contributed by atoms with E-state index in [2.05, 4.69) is 0 Å². The van der Waals surface area contributed by atoms with Gasteiger partial charge in [-0.25, -0.2) is 0 Å². The number of aromatic nitrogens is 1. The summed E-state index contributed by atoms with van der Waals surface area (Å²) in [5, 5.41) is 0. The molecule has 1 aliphatic heterocycles. The number of Topliss-reactive ketones (excluding diaryl/α,β-unsaturated/α-hetero) is 1. The third kappa shape index (κ3) is 2.86. The highest BCUT2D eigenvalue weighted by molar-refractivity contribution is 8.00. The molecule has 1 aromatic heterocycles. The number of thioether (sulfide) groups is 1. The van der Waals surface area contributed by atoms with Crippen molar-refractivity contribution in [3.8, 4) is 11.5 Å². The van der Waals surface area contributed by atoms with Crippen LogP contribution >= 0.6 is 11.8 Å². The maximum atomic E-state index is 12.4. The first-order valence-corrected chi connectivity index (χ1v) is 8.23. The topological polar surface area (TPSA) is 40.5 Å². The van der Waals surface area contributed by atoms with Crippen LogP contribution in [-0.2, 0) is 7.05 Å². The van der Waals surface area contributed by atoms with Crippen molar-refractivity contribution in [1.29, 1.82) is 0 Å². The van der Waals surface area contributed by atoms with Crippen molar-refractivity contribution in [3.05, 3.63) is 41.2 Å². The first-order valence-electron chi connectivity index (χ1n) is 7.25. The number of fused-ring (bicyclic) bond motifs is 1. The van der Waals surface area contributed by atoms with E-state index in [0.717, 1.165) is 33.3 Å². The van der Waals surface area contributed by atoms with Crippen LogP contribution in [0.4, 0.5) is 0 Å². The highest BCUT2D eigenvalue weighted by atomic mass is 32.2. The zero-order chi connectivity index (χ0) is 15.7. The van der Waals surface area contributed by atoms with E-state index >= 15 is 0 Å².